The van der Waals surface area contributed by atoms with E-state index in [4.69, 9.17) is 0 Å². The Morgan fingerprint density at radius 3 is 2.84 bits per heavy atom. The highest BCUT2D eigenvalue weighted by Crippen LogP contribution is 2.24. The third-order valence-electron chi connectivity index (χ3n) is 5.35. The van der Waals surface area contributed by atoms with Gasteiger partial charge in [-0.25, -0.2) is 14.2 Å². The first kappa shape index (κ1) is 21.4. The number of rotatable bonds is 5. The van der Waals surface area contributed by atoms with E-state index in [0.717, 1.165) is 0 Å². The van der Waals surface area contributed by atoms with Gasteiger partial charge in [-0.1, -0.05) is 6.07 Å². The smallest absolute Gasteiger partial charge is 0.407 e. The maximum absolute atomic E-state index is 14.6. The number of carboxylic acid groups (broad SMARTS) is 1. The fourth-order valence-corrected chi connectivity index (χ4v) is 3.57. The van der Waals surface area contributed by atoms with Crippen LogP contribution in [0.1, 0.15) is 34.5 Å². The number of halogens is 1. The molecule has 0 spiro atoms. The largest absolute Gasteiger partial charge is 0.465 e. The summed E-state index contributed by atoms with van der Waals surface area (Å²) in [6.07, 6.45) is 0.804. The third kappa shape index (κ3) is 4.14. The molecule has 3 N–H and O–H groups in total. The van der Waals surface area contributed by atoms with Gasteiger partial charge in [-0.2, -0.15) is 0 Å². The lowest BCUT2D eigenvalue weighted by Gasteiger charge is -2.26. The molecule has 0 saturated heterocycles. The van der Waals surface area contributed by atoms with Crippen molar-refractivity contribution < 1.29 is 24.2 Å². The van der Waals surface area contributed by atoms with Gasteiger partial charge in [0.15, 0.2) is 5.82 Å². The molecule has 32 heavy (non-hydrogen) atoms. The number of carbonyl (C=O) groups is 2. The van der Waals surface area contributed by atoms with Crippen LogP contribution in [-0.4, -0.2) is 60.0 Å². The van der Waals surface area contributed by atoms with Crippen molar-refractivity contribution in [1.82, 2.24) is 24.6 Å². The summed E-state index contributed by atoms with van der Waals surface area (Å²) in [6, 6.07) is 7.30. The number of hydrogen-bond acceptors (Lipinski definition) is 6. The molecule has 10 nitrogen and oxygen atoms in total. The Bertz CT molecular complexity index is 1180. The van der Waals surface area contributed by atoms with Crippen LogP contribution in [-0.2, 0) is 13.0 Å². The number of aromatic nitrogens is 4. The molecule has 4 rings (SSSR count). The molecule has 0 radical (unpaired) electrons. The number of nitrogens with zero attached hydrogens (tertiary/aromatic N) is 5. The quantitative estimate of drug-likeness (QED) is 0.554. The molecule has 3 heterocycles. The Morgan fingerprint density at radius 2 is 2.09 bits per heavy atom. The number of hydrogen-bond donors (Lipinski definition) is 3. The van der Waals surface area contributed by atoms with Gasteiger partial charge in [-0.3, -0.25) is 4.79 Å². The molecule has 0 aliphatic carbocycles. The van der Waals surface area contributed by atoms with Gasteiger partial charge in [0, 0.05) is 13.1 Å². The van der Waals surface area contributed by atoms with E-state index < -0.39 is 17.8 Å². The molecule has 3 aromatic rings. The second-order valence-electron chi connectivity index (χ2n) is 7.51. The standard InChI is InChI=1S/C21H21FN6O4/c1-12(10-29)28-11-23-26-19(28)17-3-2-4-18(24-17)25-20(30)15-7-14-9-27(21(31)32)6-5-13(14)8-16(15)22/h2-4,7-8,11-12,29H,5-6,9-10H2,1H3,(H,31,32)(H,24,25,30). The van der Waals surface area contributed by atoms with E-state index in [1.54, 1.807) is 29.7 Å². The van der Waals surface area contributed by atoms with Gasteiger partial charge >= 0.3 is 6.09 Å². The number of benzene rings is 1. The van der Waals surface area contributed by atoms with E-state index >= 15 is 0 Å². The highest BCUT2D eigenvalue weighted by Gasteiger charge is 2.24. The van der Waals surface area contributed by atoms with Crippen molar-refractivity contribution in [3.8, 4) is 11.5 Å². The average molecular weight is 440 g/mol. The van der Waals surface area contributed by atoms with Gasteiger partial charge in [0.05, 0.1) is 18.2 Å². The van der Waals surface area contributed by atoms with Crippen LogP contribution in [0.4, 0.5) is 15.0 Å². The SMILES string of the molecule is CC(CO)n1cnnc1-c1cccc(NC(=O)c2cc3c(cc2F)CCN(C(=O)O)C3)n1. The number of aliphatic hydroxyl groups is 1. The number of carbonyl (C=O) groups excluding carboxylic acids is 1. The van der Waals surface area contributed by atoms with Crippen LogP contribution in [0.25, 0.3) is 11.5 Å². The Kier molecular flexibility index (Phi) is 5.82. The molecule has 1 aromatic carbocycles. The molecule has 11 heteroatoms. The van der Waals surface area contributed by atoms with E-state index in [2.05, 4.69) is 20.5 Å². The number of amides is 2. The molecule has 166 valence electrons. The summed E-state index contributed by atoms with van der Waals surface area (Å²) in [7, 11) is 0. The zero-order valence-corrected chi connectivity index (χ0v) is 17.2. The molecule has 1 unspecified atom stereocenters. The first-order valence-corrected chi connectivity index (χ1v) is 9.95. The normalized spacial score (nSPS) is 14.0. The van der Waals surface area contributed by atoms with Crippen molar-refractivity contribution in [3.05, 3.63) is 59.2 Å². The van der Waals surface area contributed by atoms with Crippen molar-refractivity contribution in [1.29, 1.82) is 0 Å². The molecule has 0 saturated carbocycles. The molecule has 0 bridgehead atoms. The van der Waals surface area contributed by atoms with Gasteiger partial charge in [-0.15, -0.1) is 10.2 Å². The summed E-state index contributed by atoms with van der Waals surface area (Å²) in [6.45, 7) is 2.06. The molecule has 2 amide bonds. The predicted octanol–water partition coefficient (Wildman–Crippen LogP) is 2.32. The van der Waals surface area contributed by atoms with Gasteiger partial charge < -0.3 is 25.0 Å². The van der Waals surface area contributed by atoms with Crippen molar-refractivity contribution in [3.63, 3.8) is 0 Å². The van der Waals surface area contributed by atoms with Crippen LogP contribution in [0.3, 0.4) is 0 Å². The summed E-state index contributed by atoms with van der Waals surface area (Å²) >= 11 is 0. The molecular formula is C21H21FN6O4. The Balaban J connectivity index is 1.58. The Hall–Kier alpha value is -3.86. The molecule has 0 fully saturated rings. The van der Waals surface area contributed by atoms with E-state index in [1.165, 1.54) is 23.4 Å². The fraction of sp³-hybridized carbons (Fsp3) is 0.286. The van der Waals surface area contributed by atoms with Crippen LogP contribution in [0.5, 0.6) is 0 Å². The Morgan fingerprint density at radius 1 is 1.28 bits per heavy atom. The number of pyridine rings is 1. The first-order chi connectivity index (χ1) is 15.4. The molecule has 1 aliphatic rings. The van der Waals surface area contributed by atoms with E-state index in [0.29, 0.717) is 29.1 Å². The summed E-state index contributed by atoms with van der Waals surface area (Å²) in [5, 5.41) is 29.1. The zero-order valence-electron chi connectivity index (χ0n) is 17.2. The zero-order chi connectivity index (χ0) is 22.8. The summed E-state index contributed by atoms with van der Waals surface area (Å²) in [4.78, 5) is 29.6. The summed E-state index contributed by atoms with van der Waals surface area (Å²) < 4.78 is 16.3. The van der Waals surface area contributed by atoms with Crippen LogP contribution in [0.2, 0.25) is 0 Å². The number of anilines is 1. The van der Waals surface area contributed by atoms with Gasteiger partial charge in [0.25, 0.3) is 5.91 Å². The monoisotopic (exact) mass is 440 g/mol. The van der Waals surface area contributed by atoms with Crippen LogP contribution < -0.4 is 5.32 Å². The van der Waals surface area contributed by atoms with Crippen molar-refractivity contribution in [2.45, 2.75) is 25.9 Å². The lowest BCUT2D eigenvalue weighted by molar-refractivity contribution is 0.102. The molecule has 1 aliphatic heterocycles. The minimum absolute atomic E-state index is 0.0949. The highest BCUT2D eigenvalue weighted by molar-refractivity contribution is 6.04. The predicted molar refractivity (Wildman–Crippen MR) is 112 cm³/mol. The lowest BCUT2D eigenvalue weighted by atomic mass is 9.97. The molecule has 1 atom stereocenters. The van der Waals surface area contributed by atoms with E-state index in [1.807, 2.05) is 0 Å². The minimum Gasteiger partial charge on any atom is -0.465 e. The maximum Gasteiger partial charge on any atom is 0.407 e. The second-order valence-corrected chi connectivity index (χ2v) is 7.51. The maximum atomic E-state index is 14.6. The highest BCUT2D eigenvalue weighted by atomic mass is 19.1. The number of nitrogens with one attached hydrogen (secondary N) is 1. The lowest BCUT2D eigenvalue weighted by Crippen LogP contribution is -2.35. The van der Waals surface area contributed by atoms with Crippen LogP contribution in [0.15, 0.2) is 36.7 Å². The van der Waals surface area contributed by atoms with Crippen molar-refractivity contribution in [2.75, 3.05) is 18.5 Å². The van der Waals surface area contributed by atoms with E-state index in [9.17, 15) is 24.2 Å². The van der Waals surface area contributed by atoms with E-state index in [-0.39, 0.29) is 37.1 Å². The topological polar surface area (TPSA) is 133 Å². The van der Waals surface area contributed by atoms with Crippen LogP contribution in [0, 0.1) is 5.82 Å². The second kappa shape index (κ2) is 8.71. The number of aliphatic hydroxyl groups excluding tert-OH is 1. The van der Waals surface area contributed by atoms with Crippen molar-refractivity contribution >= 4 is 17.8 Å². The first-order valence-electron chi connectivity index (χ1n) is 9.95. The fourth-order valence-electron chi connectivity index (χ4n) is 3.57. The van der Waals surface area contributed by atoms with Gasteiger partial charge in [-0.05, 0) is 48.7 Å². The summed E-state index contributed by atoms with van der Waals surface area (Å²) in [5.41, 5.74) is 1.51. The van der Waals surface area contributed by atoms with Gasteiger partial charge in [0.2, 0.25) is 0 Å². The number of fused-ring (bicyclic) bond motifs is 1. The minimum atomic E-state index is -1.06. The average Bonchev–Trinajstić information content (AvgIpc) is 3.28. The molecule has 2 aromatic heterocycles. The Labute approximate surface area is 182 Å². The summed E-state index contributed by atoms with van der Waals surface area (Å²) in [5.74, 6) is -0.787. The van der Waals surface area contributed by atoms with Crippen LogP contribution >= 0.6 is 0 Å². The third-order valence-corrected chi connectivity index (χ3v) is 5.35. The molecular weight excluding hydrogens is 419 g/mol. The van der Waals surface area contributed by atoms with Crippen molar-refractivity contribution in [2.24, 2.45) is 0 Å². The van der Waals surface area contributed by atoms with Gasteiger partial charge in [0.1, 0.15) is 23.7 Å².